The van der Waals surface area contributed by atoms with Gasteiger partial charge in [-0.1, -0.05) is 6.92 Å². The SMILES string of the molecule is CCNC(c1cc(F)cc(F)c1)C(F)(F)F. The predicted octanol–water partition coefficient (Wildman–Crippen LogP) is 3.18. The molecular formula is C10H10F5N. The van der Waals surface area contributed by atoms with Gasteiger partial charge in [-0.2, -0.15) is 13.2 Å². The number of hydrogen-bond acceptors (Lipinski definition) is 1. The summed E-state index contributed by atoms with van der Waals surface area (Å²) in [7, 11) is 0. The fourth-order valence-electron chi connectivity index (χ4n) is 1.37. The van der Waals surface area contributed by atoms with Gasteiger partial charge in [-0.05, 0) is 24.2 Å². The maximum atomic E-state index is 12.8. The van der Waals surface area contributed by atoms with Crippen molar-refractivity contribution in [3.05, 3.63) is 35.4 Å². The Morgan fingerprint density at radius 2 is 1.62 bits per heavy atom. The number of hydrogen-bond donors (Lipinski definition) is 1. The second-order valence-corrected chi connectivity index (χ2v) is 3.24. The standard InChI is InChI=1S/C10H10F5N/c1-2-16-9(10(13,14)15)6-3-7(11)5-8(12)4-6/h3-5,9,16H,2H2,1H3. The zero-order valence-electron chi connectivity index (χ0n) is 8.41. The molecule has 0 aliphatic heterocycles. The van der Waals surface area contributed by atoms with E-state index in [1.165, 1.54) is 6.92 Å². The lowest BCUT2D eigenvalue weighted by molar-refractivity contribution is -0.157. The molecule has 0 saturated carbocycles. The molecule has 1 N–H and O–H groups in total. The largest absolute Gasteiger partial charge is 0.407 e. The van der Waals surface area contributed by atoms with Crippen molar-refractivity contribution in [2.75, 3.05) is 6.54 Å². The van der Waals surface area contributed by atoms with E-state index < -0.39 is 29.4 Å². The van der Waals surface area contributed by atoms with E-state index >= 15 is 0 Å². The first-order valence-electron chi connectivity index (χ1n) is 4.60. The maximum Gasteiger partial charge on any atom is 0.407 e. The van der Waals surface area contributed by atoms with Crippen molar-refractivity contribution in [3.8, 4) is 0 Å². The average Bonchev–Trinajstić information content (AvgIpc) is 2.10. The minimum absolute atomic E-state index is 0.0440. The summed E-state index contributed by atoms with van der Waals surface area (Å²) in [5.74, 6) is -2.05. The zero-order chi connectivity index (χ0) is 12.3. The second kappa shape index (κ2) is 4.78. The molecule has 0 radical (unpaired) electrons. The highest BCUT2D eigenvalue weighted by Crippen LogP contribution is 2.33. The third kappa shape index (κ3) is 3.16. The molecule has 1 rings (SSSR count). The zero-order valence-corrected chi connectivity index (χ0v) is 8.41. The Hall–Kier alpha value is -1.17. The van der Waals surface area contributed by atoms with Crippen molar-refractivity contribution in [1.82, 2.24) is 5.32 Å². The summed E-state index contributed by atoms with van der Waals surface area (Å²) in [6.07, 6.45) is -4.59. The van der Waals surface area contributed by atoms with Gasteiger partial charge < -0.3 is 5.32 Å². The summed E-state index contributed by atoms with van der Waals surface area (Å²) in [5, 5.41) is 2.13. The van der Waals surface area contributed by atoms with Crippen molar-refractivity contribution in [2.24, 2.45) is 0 Å². The lowest BCUT2D eigenvalue weighted by Crippen LogP contribution is -2.34. The quantitative estimate of drug-likeness (QED) is 0.799. The molecule has 1 unspecified atom stereocenters. The van der Waals surface area contributed by atoms with E-state index in [0.29, 0.717) is 18.2 Å². The lowest BCUT2D eigenvalue weighted by atomic mass is 10.1. The van der Waals surface area contributed by atoms with Crippen LogP contribution in [0.2, 0.25) is 0 Å². The van der Waals surface area contributed by atoms with Crippen molar-refractivity contribution in [2.45, 2.75) is 19.1 Å². The van der Waals surface area contributed by atoms with Crippen LogP contribution in [0.4, 0.5) is 22.0 Å². The highest BCUT2D eigenvalue weighted by Gasteiger charge is 2.40. The summed E-state index contributed by atoms with van der Waals surface area (Å²) < 4.78 is 63.2. The van der Waals surface area contributed by atoms with Gasteiger partial charge in [0.05, 0.1) is 0 Å². The molecule has 6 heteroatoms. The normalized spacial score (nSPS) is 13.9. The van der Waals surface area contributed by atoms with Crippen LogP contribution in [0.3, 0.4) is 0 Å². The van der Waals surface area contributed by atoms with Gasteiger partial charge in [-0.3, -0.25) is 0 Å². The Balaban J connectivity index is 3.10. The van der Waals surface area contributed by atoms with E-state index in [9.17, 15) is 22.0 Å². The van der Waals surface area contributed by atoms with Crippen molar-refractivity contribution >= 4 is 0 Å². The van der Waals surface area contributed by atoms with E-state index in [-0.39, 0.29) is 6.54 Å². The molecule has 0 aliphatic carbocycles. The van der Waals surface area contributed by atoms with E-state index in [1.807, 2.05) is 0 Å². The van der Waals surface area contributed by atoms with Gasteiger partial charge in [0, 0.05) is 6.07 Å². The van der Waals surface area contributed by atoms with Crippen LogP contribution in [0.5, 0.6) is 0 Å². The van der Waals surface area contributed by atoms with Crippen LogP contribution in [0.1, 0.15) is 18.5 Å². The first-order valence-corrected chi connectivity index (χ1v) is 4.60. The van der Waals surface area contributed by atoms with Gasteiger partial charge in [0.25, 0.3) is 0 Å². The van der Waals surface area contributed by atoms with Crippen LogP contribution >= 0.6 is 0 Å². The number of alkyl halides is 3. The summed E-state index contributed by atoms with van der Waals surface area (Å²) in [4.78, 5) is 0. The lowest BCUT2D eigenvalue weighted by Gasteiger charge is -2.21. The van der Waals surface area contributed by atoms with Crippen LogP contribution < -0.4 is 5.32 Å². The Morgan fingerprint density at radius 3 is 2.00 bits per heavy atom. The van der Waals surface area contributed by atoms with Gasteiger partial charge >= 0.3 is 6.18 Å². The third-order valence-corrected chi connectivity index (χ3v) is 1.95. The number of benzene rings is 1. The number of rotatable bonds is 3. The first kappa shape index (κ1) is 12.9. The van der Waals surface area contributed by atoms with Gasteiger partial charge in [0.2, 0.25) is 0 Å². The summed E-state index contributed by atoms with van der Waals surface area (Å²) in [5.41, 5.74) is -0.466. The van der Waals surface area contributed by atoms with Gasteiger partial charge in [0.1, 0.15) is 17.7 Å². The van der Waals surface area contributed by atoms with Crippen LogP contribution in [0.15, 0.2) is 18.2 Å². The predicted molar refractivity (Wildman–Crippen MR) is 48.8 cm³/mol. The van der Waals surface area contributed by atoms with E-state index in [2.05, 4.69) is 5.32 Å². The summed E-state index contributed by atoms with van der Waals surface area (Å²) in [6, 6.07) is -0.181. The maximum absolute atomic E-state index is 12.8. The highest BCUT2D eigenvalue weighted by molar-refractivity contribution is 5.22. The summed E-state index contributed by atoms with van der Waals surface area (Å²) >= 11 is 0. The topological polar surface area (TPSA) is 12.0 Å². The second-order valence-electron chi connectivity index (χ2n) is 3.24. The fraction of sp³-hybridized carbons (Fsp3) is 0.400. The van der Waals surface area contributed by atoms with Gasteiger partial charge in [-0.25, -0.2) is 8.78 Å². The van der Waals surface area contributed by atoms with Gasteiger partial charge in [0.15, 0.2) is 0 Å². The number of nitrogens with one attached hydrogen (secondary N) is 1. The molecule has 1 aromatic rings. The Bertz CT molecular complexity index is 340. The molecule has 0 bridgehead atoms. The average molecular weight is 239 g/mol. The molecule has 0 amide bonds. The van der Waals surface area contributed by atoms with E-state index in [1.54, 1.807) is 0 Å². The molecule has 16 heavy (non-hydrogen) atoms. The molecule has 90 valence electrons. The molecule has 0 heterocycles. The van der Waals surface area contributed by atoms with E-state index in [4.69, 9.17) is 0 Å². The third-order valence-electron chi connectivity index (χ3n) is 1.95. The molecular weight excluding hydrogens is 229 g/mol. The minimum atomic E-state index is -4.59. The van der Waals surface area contributed by atoms with Crippen molar-refractivity contribution in [3.63, 3.8) is 0 Å². The number of halogens is 5. The molecule has 0 aliphatic rings. The Morgan fingerprint density at radius 1 is 1.12 bits per heavy atom. The first-order chi connectivity index (χ1) is 7.34. The fourth-order valence-corrected chi connectivity index (χ4v) is 1.37. The van der Waals surface area contributed by atoms with Crippen molar-refractivity contribution < 1.29 is 22.0 Å². The highest BCUT2D eigenvalue weighted by atomic mass is 19.4. The van der Waals surface area contributed by atoms with E-state index in [0.717, 1.165) is 0 Å². The van der Waals surface area contributed by atoms with Crippen LogP contribution in [0, 0.1) is 11.6 Å². The monoisotopic (exact) mass is 239 g/mol. The van der Waals surface area contributed by atoms with Gasteiger partial charge in [-0.15, -0.1) is 0 Å². The molecule has 0 saturated heterocycles. The molecule has 0 aromatic heterocycles. The minimum Gasteiger partial charge on any atom is -0.303 e. The van der Waals surface area contributed by atoms with Crippen LogP contribution in [-0.2, 0) is 0 Å². The Labute approximate surface area is 89.3 Å². The molecule has 1 aromatic carbocycles. The molecule has 1 nitrogen and oxygen atoms in total. The Kier molecular flexibility index (Phi) is 3.85. The molecule has 0 fully saturated rings. The smallest absolute Gasteiger partial charge is 0.303 e. The molecule has 1 atom stereocenters. The van der Waals surface area contributed by atoms with Crippen molar-refractivity contribution in [1.29, 1.82) is 0 Å². The van der Waals surface area contributed by atoms with Crippen LogP contribution in [0.25, 0.3) is 0 Å². The summed E-state index contributed by atoms with van der Waals surface area (Å²) in [6.45, 7) is 1.52. The van der Waals surface area contributed by atoms with Crippen LogP contribution in [-0.4, -0.2) is 12.7 Å². The molecule has 0 spiro atoms.